The van der Waals surface area contributed by atoms with Gasteiger partial charge < -0.3 is 41.4 Å². The maximum absolute atomic E-state index is 16.6. The Kier molecular flexibility index (Phi) is 14.0. The Morgan fingerprint density at radius 1 is 0.580 bits per heavy atom. The number of nitrogen functional groups attached to an aromatic ring is 2. The number of hydrogen-bond acceptors (Lipinski definition) is 10. The first-order valence-electron chi connectivity index (χ1n) is 24.2. The summed E-state index contributed by atoms with van der Waals surface area (Å²) in [6, 6.07) is 21.4. The number of benzene rings is 4. The third kappa shape index (κ3) is 11.0. The highest BCUT2D eigenvalue weighted by atomic mass is 19.1. The number of likely N-dealkylation sites (tertiary alicyclic amines) is 2. The van der Waals surface area contributed by atoms with E-state index in [4.69, 9.17) is 20.9 Å². The molecule has 4 amide bonds. The molecule has 4 heterocycles. The smallest absolute Gasteiger partial charge is 0.410 e. The van der Waals surface area contributed by atoms with Crippen molar-refractivity contribution in [2.75, 3.05) is 58.1 Å². The van der Waals surface area contributed by atoms with E-state index in [1.807, 2.05) is 35.2 Å². The number of halogens is 2. The molecule has 4 aromatic carbocycles. The topological polar surface area (TPSA) is 176 Å². The Balaban J connectivity index is 1.05. The molecular formula is C53H66F2N8O6. The standard InChI is InChI=1S/C53H66F2N8O6/c1-52(2,3)68-50(66)61-24-10-14-45(61)48(64)58-41-18-16-34(28-39(41)56)43-20-21-44(35-17-19-42(40(57)29-35)59-49(65)46-15-11-25-62(46)51(67)69-53(4,5)6)63(43)36-30-37(54)47(38(55)31-36)60-26-22-33(23-27-60)32-12-8-7-9-13-32/h7-9,12-13,16-19,28-31,33,43-46H,10-11,14-15,20-27,56-57H2,1-6H3,(H,58,64)(H,59,65)/t43?,44?,45-,46-/m0/s1. The van der Waals surface area contributed by atoms with Crippen LogP contribution in [-0.2, 0) is 19.1 Å². The first kappa shape index (κ1) is 48.9. The molecule has 14 nitrogen and oxygen atoms in total. The molecule has 0 aliphatic carbocycles. The third-order valence-electron chi connectivity index (χ3n) is 13.6. The molecule has 4 aromatic rings. The van der Waals surface area contributed by atoms with Gasteiger partial charge in [-0.05, 0) is 152 Å². The Hall–Kier alpha value is -6.58. The minimum atomic E-state index is -0.727. The molecule has 4 fully saturated rings. The van der Waals surface area contributed by atoms with Gasteiger partial charge >= 0.3 is 12.2 Å². The molecule has 4 aliphatic heterocycles. The molecule has 69 heavy (non-hydrogen) atoms. The van der Waals surface area contributed by atoms with Crippen LogP contribution >= 0.6 is 0 Å². The van der Waals surface area contributed by atoms with E-state index in [0.29, 0.717) is 87.7 Å². The van der Waals surface area contributed by atoms with E-state index in [1.54, 1.807) is 70.7 Å². The Labute approximate surface area is 403 Å². The number of carbonyl (C=O) groups is 4. The average Bonchev–Trinajstić information content (AvgIpc) is 4.08. The van der Waals surface area contributed by atoms with Crippen molar-refractivity contribution < 1.29 is 37.4 Å². The second kappa shape index (κ2) is 19.8. The molecule has 4 atom stereocenters. The molecule has 368 valence electrons. The number of rotatable bonds is 9. The number of hydrogen-bond donors (Lipinski definition) is 4. The van der Waals surface area contributed by atoms with Crippen LogP contribution in [0.2, 0.25) is 0 Å². The predicted octanol–water partition coefficient (Wildman–Crippen LogP) is 10.3. The monoisotopic (exact) mass is 949 g/mol. The van der Waals surface area contributed by atoms with Crippen molar-refractivity contribution in [1.29, 1.82) is 0 Å². The minimum Gasteiger partial charge on any atom is -0.444 e. The van der Waals surface area contributed by atoms with Gasteiger partial charge in [0.25, 0.3) is 0 Å². The highest BCUT2D eigenvalue weighted by Gasteiger charge is 2.40. The summed E-state index contributed by atoms with van der Waals surface area (Å²) in [6.07, 6.45) is 3.82. The van der Waals surface area contributed by atoms with Gasteiger partial charge in [0.05, 0.1) is 34.8 Å². The van der Waals surface area contributed by atoms with Crippen LogP contribution in [0.5, 0.6) is 0 Å². The number of nitrogens with zero attached hydrogens (tertiary/aromatic N) is 4. The second-order valence-corrected chi connectivity index (χ2v) is 20.8. The highest BCUT2D eigenvalue weighted by Crippen LogP contribution is 2.49. The van der Waals surface area contributed by atoms with E-state index in [9.17, 15) is 19.2 Å². The quantitative estimate of drug-likeness (QED) is 0.118. The van der Waals surface area contributed by atoms with Crippen molar-refractivity contribution in [2.24, 2.45) is 0 Å². The summed E-state index contributed by atoms with van der Waals surface area (Å²) in [5.74, 6) is -1.78. The summed E-state index contributed by atoms with van der Waals surface area (Å²) in [4.78, 5) is 59.9. The lowest BCUT2D eigenvalue weighted by Crippen LogP contribution is -2.45. The number of nitrogens with one attached hydrogen (secondary N) is 2. The Morgan fingerprint density at radius 3 is 1.45 bits per heavy atom. The number of anilines is 6. The molecule has 0 spiro atoms. The fourth-order valence-corrected chi connectivity index (χ4v) is 10.4. The summed E-state index contributed by atoms with van der Waals surface area (Å²) < 4.78 is 44.3. The SMILES string of the molecule is CC(C)(C)OC(=O)N1CCC[C@H]1C(=O)Nc1ccc(C2CCC(c3ccc(NC(=O)[C@@H]4CCCN4C(=O)OC(C)(C)C)c(N)c3)N2c2cc(F)c(N3CCC(c4ccccc4)CC3)c(F)c2)cc1N. The van der Waals surface area contributed by atoms with E-state index in [0.717, 1.165) is 24.0 Å². The highest BCUT2D eigenvalue weighted by molar-refractivity contribution is 6.00. The third-order valence-corrected chi connectivity index (χ3v) is 13.6. The lowest BCUT2D eigenvalue weighted by Gasteiger charge is -2.36. The summed E-state index contributed by atoms with van der Waals surface area (Å²) >= 11 is 0. The zero-order valence-corrected chi connectivity index (χ0v) is 40.5. The van der Waals surface area contributed by atoms with Crippen LogP contribution in [0.3, 0.4) is 0 Å². The lowest BCUT2D eigenvalue weighted by atomic mass is 9.89. The zero-order chi connectivity index (χ0) is 49.4. The van der Waals surface area contributed by atoms with Crippen molar-refractivity contribution in [2.45, 2.75) is 134 Å². The van der Waals surface area contributed by atoms with Gasteiger partial charge in [-0.15, -0.1) is 0 Å². The molecule has 0 aromatic heterocycles. The number of amides is 4. The number of piperidine rings is 1. The largest absolute Gasteiger partial charge is 0.444 e. The van der Waals surface area contributed by atoms with Crippen LogP contribution in [-0.4, -0.2) is 83.3 Å². The van der Waals surface area contributed by atoms with Crippen LogP contribution in [0.1, 0.15) is 128 Å². The van der Waals surface area contributed by atoms with Gasteiger partial charge in [0.1, 0.15) is 29.0 Å². The van der Waals surface area contributed by atoms with E-state index in [1.165, 1.54) is 27.5 Å². The van der Waals surface area contributed by atoms with Crippen molar-refractivity contribution in [3.8, 4) is 0 Å². The van der Waals surface area contributed by atoms with E-state index in [-0.39, 0.29) is 28.9 Å². The Morgan fingerprint density at radius 2 is 1.03 bits per heavy atom. The van der Waals surface area contributed by atoms with Crippen LogP contribution in [0.15, 0.2) is 78.9 Å². The molecule has 16 heteroatoms. The molecule has 2 unspecified atom stereocenters. The van der Waals surface area contributed by atoms with Gasteiger partial charge in [-0.25, -0.2) is 18.4 Å². The maximum atomic E-state index is 16.6. The number of nitrogens with two attached hydrogens (primary N) is 2. The molecule has 4 saturated heterocycles. The maximum Gasteiger partial charge on any atom is 0.410 e. The fourth-order valence-electron chi connectivity index (χ4n) is 10.4. The average molecular weight is 949 g/mol. The summed E-state index contributed by atoms with van der Waals surface area (Å²) in [5, 5.41) is 5.84. The molecule has 8 rings (SSSR count). The molecular weight excluding hydrogens is 883 g/mol. The molecule has 4 aliphatic rings. The van der Waals surface area contributed by atoms with Crippen LogP contribution < -0.4 is 31.9 Å². The van der Waals surface area contributed by atoms with Crippen molar-refractivity contribution in [3.63, 3.8) is 0 Å². The minimum absolute atomic E-state index is 0.0498. The van der Waals surface area contributed by atoms with Gasteiger partial charge in [0.15, 0.2) is 11.6 Å². The molecule has 0 bridgehead atoms. The Bertz CT molecular complexity index is 2420. The van der Waals surface area contributed by atoms with E-state index >= 15 is 8.78 Å². The predicted molar refractivity (Wildman–Crippen MR) is 265 cm³/mol. The summed E-state index contributed by atoms with van der Waals surface area (Å²) in [6.45, 7) is 12.5. The van der Waals surface area contributed by atoms with Crippen LogP contribution in [0, 0.1) is 11.6 Å². The van der Waals surface area contributed by atoms with Crippen LogP contribution in [0.4, 0.5) is 52.5 Å². The first-order valence-corrected chi connectivity index (χ1v) is 24.2. The van der Waals surface area contributed by atoms with E-state index in [2.05, 4.69) is 22.8 Å². The van der Waals surface area contributed by atoms with Gasteiger partial charge in [-0.3, -0.25) is 19.4 Å². The second-order valence-electron chi connectivity index (χ2n) is 20.8. The zero-order valence-electron chi connectivity index (χ0n) is 40.5. The van der Waals surface area contributed by atoms with Crippen molar-refractivity contribution >= 4 is 58.1 Å². The van der Waals surface area contributed by atoms with Gasteiger partial charge in [-0.2, -0.15) is 0 Å². The molecule has 0 radical (unpaired) electrons. The first-order chi connectivity index (χ1) is 32.7. The van der Waals surface area contributed by atoms with Gasteiger partial charge in [-0.1, -0.05) is 42.5 Å². The number of carbonyl (C=O) groups excluding carboxylic acids is 4. The summed E-state index contributed by atoms with van der Waals surface area (Å²) in [5.41, 5.74) is 16.3. The molecule has 6 N–H and O–H groups in total. The van der Waals surface area contributed by atoms with Gasteiger partial charge in [0, 0.05) is 31.9 Å². The van der Waals surface area contributed by atoms with Crippen LogP contribution in [0.25, 0.3) is 0 Å². The van der Waals surface area contributed by atoms with E-state index < -0.39 is 59.2 Å². The molecule has 0 saturated carbocycles. The number of ether oxygens (including phenoxy) is 2. The lowest BCUT2D eigenvalue weighted by molar-refractivity contribution is -0.121. The normalized spacial score (nSPS) is 21.1. The summed E-state index contributed by atoms with van der Waals surface area (Å²) in [7, 11) is 0. The van der Waals surface area contributed by atoms with Crippen molar-refractivity contribution in [1.82, 2.24) is 9.80 Å². The fraction of sp³-hybridized carbons (Fsp3) is 0.472. The van der Waals surface area contributed by atoms with Gasteiger partial charge in [0.2, 0.25) is 11.8 Å². The van der Waals surface area contributed by atoms with Crippen molar-refractivity contribution in [3.05, 3.63) is 107 Å².